The molecule has 0 spiro atoms. The van der Waals surface area contributed by atoms with E-state index < -0.39 is 11.7 Å². The lowest BCUT2D eigenvalue weighted by molar-refractivity contribution is -0.137. The molecule has 23 heavy (non-hydrogen) atoms. The number of Topliss-reactive ketones (excluding diaryl/α,β-unsaturated/α-hetero) is 1. The summed E-state index contributed by atoms with van der Waals surface area (Å²) in [6.45, 7) is 2.07. The summed E-state index contributed by atoms with van der Waals surface area (Å²) in [6.07, 6.45) is 3.54. The topological polar surface area (TPSA) is 17.1 Å². The van der Waals surface area contributed by atoms with Gasteiger partial charge in [0.2, 0.25) is 0 Å². The van der Waals surface area contributed by atoms with Gasteiger partial charge in [-0.15, -0.1) is 0 Å². The SMILES string of the molecule is C[C@]12CCCC[C@H]1CC/C(=C\c1ccc(C(F)(F)F)cc1)C2=O. The predicted octanol–water partition coefficient (Wildman–Crippen LogP) is 5.65. The van der Waals surface area contributed by atoms with Crippen molar-refractivity contribution in [3.05, 3.63) is 41.0 Å². The van der Waals surface area contributed by atoms with E-state index in [4.69, 9.17) is 0 Å². The Morgan fingerprint density at radius 1 is 1.13 bits per heavy atom. The van der Waals surface area contributed by atoms with Gasteiger partial charge in [0.15, 0.2) is 5.78 Å². The molecule has 2 aliphatic rings. The maximum Gasteiger partial charge on any atom is 0.416 e. The Bertz CT molecular complexity index is 627. The monoisotopic (exact) mass is 322 g/mol. The summed E-state index contributed by atoms with van der Waals surface area (Å²) in [5.74, 6) is 0.668. The molecule has 4 heteroatoms. The number of carbonyl (C=O) groups is 1. The molecule has 1 aromatic carbocycles. The van der Waals surface area contributed by atoms with E-state index in [1.165, 1.54) is 18.6 Å². The van der Waals surface area contributed by atoms with Crippen LogP contribution in [-0.2, 0) is 11.0 Å². The molecular formula is C19H21F3O. The molecule has 0 saturated heterocycles. The van der Waals surface area contributed by atoms with E-state index in [1.54, 1.807) is 6.08 Å². The summed E-state index contributed by atoms with van der Waals surface area (Å²) in [6, 6.07) is 5.03. The predicted molar refractivity (Wildman–Crippen MR) is 83.7 cm³/mol. The Morgan fingerprint density at radius 2 is 1.83 bits per heavy atom. The first-order valence-electron chi connectivity index (χ1n) is 8.23. The largest absolute Gasteiger partial charge is 0.416 e. The van der Waals surface area contributed by atoms with E-state index in [9.17, 15) is 18.0 Å². The minimum absolute atomic E-state index is 0.202. The second-order valence-corrected chi connectivity index (χ2v) is 7.02. The Hall–Kier alpha value is -1.58. The van der Waals surface area contributed by atoms with E-state index >= 15 is 0 Å². The summed E-state index contributed by atoms with van der Waals surface area (Å²) < 4.78 is 37.8. The third-order valence-electron chi connectivity index (χ3n) is 5.55. The molecule has 0 unspecified atom stereocenters. The fraction of sp³-hybridized carbons (Fsp3) is 0.526. The van der Waals surface area contributed by atoms with Crippen LogP contribution in [-0.4, -0.2) is 5.78 Å². The molecule has 2 aliphatic carbocycles. The molecular weight excluding hydrogens is 301 g/mol. The van der Waals surface area contributed by atoms with Crippen LogP contribution in [0.4, 0.5) is 13.2 Å². The molecule has 0 radical (unpaired) electrons. The minimum atomic E-state index is -4.32. The fourth-order valence-electron chi connectivity index (χ4n) is 4.08. The highest BCUT2D eigenvalue weighted by Gasteiger charge is 2.46. The van der Waals surface area contributed by atoms with Gasteiger partial charge in [-0.3, -0.25) is 4.79 Å². The van der Waals surface area contributed by atoms with Crippen molar-refractivity contribution in [1.29, 1.82) is 0 Å². The van der Waals surface area contributed by atoms with Gasteiger partial charge in [-0.2, -0.15) is 13.2 Å². The van der Waals surface area contributed by atoms with Gasteiger partial charge in [0, 0.05) is 5.41 Å². The lowest BCUT2D eigenvalue weighted by Gasteiger charge is -2.44. The zero-order chi connectivity index (χ0) is 16.7. The number of alkyl halides is 3. The number of ketones is 1. The Kier molecular flexibility index (Phi) is 4.11. The molecule has 2 atom stereocenters. The van der Waals surface area contributed by atoms with Crippen molar-refractivity contribution in [3.63, 3.8) is 0 Å². The molecule has 3 rings (SSSR count). The van der Waals surface area contributed by atoms with Crippen molar-refractivity contribution in [2.75, 3.05) is 0 Å². The van der Waals surface area contributed by atoms with Crippen LogP contribution in [0, 0.1) is 11.3 Å². The number of rotatable bonds is 1. The van der Waals surface area contributed by atoms with Crippen LogP contribution in [0.25, 0.3) is 6.08 Å². The van der Waals surface area contributed by atoms with Crippen LogP contribution in [0.1, 0.15) is 56.6 Å². The van der Waals surface area contributed by atoms with E-state index in [2.05, 4.69) is 6.92 Å². The van der Waals surface area contributed by atoms with Crippen molar-refractivity contribution in [2.45, 2.75) is 51.6 Å². The van der Waals surface area contributed by atoms with E-state index in [0.29, 0.717) is 11.5 Å². The van der Waals surface area contributed by atoms with Crippen molar-refractivity contribution >= 4 is 11.9 Å². The van der Waals surface area contributed by atoms with Crippen LogP contribution >= 0.6 is 0 Å². The van der Waals surface area contributed by atoms with Crippen LogP contribution in [0.15, 0.2) is 29.8 Å². The Labute approximate surface area is 134 Å². The van der Waals surface area contributed by atoms with Gasteiger partial charge in [0.25, 0.3) is 0 Å². The second kappa shape index (κ2) is 5.81. The van der Waals surface area contributed by atoms with Crippen LogP contribution in [0.5, 0.6) is 0 Å². The lowest BCUT2D eigenvalue weighted by atomic mass is 9.58. The summed E-state index contributed by atoms with van der Waals surface area (Å²) in [5.41, 5.74) is 0.507. The van der Waals surface area contributed by atoms with E-state index in [0.717, 1.165) is 49.8 Å². The van der Waals surface area contributed by atoms with Crippen molar-refractivity contribution in [2.24, 2.45) is 11.3 Å². The van der Waals surface area contributed by atoms with Crippen molar-refractivity contribution < 1.29 is 18.0 Å². The first-order chi connectivity index (χ1) is 10.8. The number of benzene rings is 1. The molecule has 1 nitrogen and oxygen atoms in total. The maximum absolute atomic E-state index is 12.9. The van der Waals surface area contributed by atoms with Crippen molar-refractivity contribution in [3.8, 4) is 0 Å². The van der Waals surface area contributed by atoms with Crippen LogP contribution in [0.3, 0.4) is 0 Å². The smallest absolute Gasteiger partial charge is 0.294 e. The van der Waals surface area contributed by atoms with Crippen LogP contribution in [0.2, 0.25) is 0 Å². The fourth-order valence-corrected chi connectivity index (χ4v) is 4.08. The van der Waals surface area contributed by atoms with Gasteiger partial charge in [-0.25, -0.2) is 0 Å². The van der Waals surface area contributed by atoms with Crippen LogP contribution < -0.4 is 0 Å². The molecule has 2 saturated carbocycles. The highest BCUT2D eigenvalue weighted by molar-refractivity contribution is 6.04. The normalized spacial score (nSPS) is 30.3. The number of halogens is 3. The van der Waals surface area contributed by atoms with Gasteiger partial charge in [-0.1, -0.05) is 31.9 Å². The molecule has 0 aromatic heterocycles. The molecule has 0 bridgehead atoms. The molecule has 0 N–H and O–H groups in total. The Morgan fingerprint density at radius 3 is 2.48 bits per heavy atom. The maximum atomic E-state index is 12.9. The molecule has 0 aliphatic heterocycles. The molecule has 2 fully saturated rings. The van der Waals surface area contributed by atoms with Crippen molar-refractivity contribution in [1.82, 2.24) is 0 Å². The standard InChI is InChI=1S/C19H21F3O/c1-18-11-3-2-4-15(18)10-7-14(17(18)23)12-13-5-8-16(9-6-13)19(20,21)22/h5-6,8-9,12,15H,2-4,7,10-11H2,1H3/b14-12+/t15-,18-/m0/s1. The third kappa shape index (κ3) is 3.08. The summed E-state index contributed by atoms with van der Waals surface area (Å²) >= 11 is 0. The average molecular weight is 322 g/mol. The minimum Gasteiger partial charge on any atom is -0.294 e. The number of hydrogen-bond acceptors (Lipinski definition) is 1. The number of carbonyl (C=O) groups excluding carboxylic acids is 1. The highest BCUT2D eigenvalue weighted by Crippen LogP contribution is 2.49. The van der Waals surface area contributed by atoms with Gasteiger partial charge < -0.3 is 0 Å². The van der Waals surface area contributed by atoms with E-state index in [-0.39, 0.29) is 11.2 Å². The van der Waals surface area contributed by atoms with Gasteiger partial charge in [0.1, 0.15) is 0 Å². The lowest BCUT2D eigenvalue weighted by Crippen LogP contribution is -2.42. The number of allylic oxidation sites excluding steroid dienone is 1. The van der Waals surface area contributed by atoms with Gasteiger partial charge in [-0.05, 0) is 60.9 Å². The quantitative estimate of drug-likeness (QED) is 0.611. The summed E-state index contributed by atoms with van der Waals surface area (Å²) in [5, 5.41) is 0. The molecule has 1 aromatic rings. The Balaban J connectivity index is 1.84. The molecule has 124 valence electrons. The average Bonchev–Trinajstić information content (AvgIpc) is 2.51. The van der Waals surface area contributed by atoms with Gasteiger partial charge >= 0.3 is 6.18 Å². The second-order valence-electron chi connectivity index (χ2n) is 7.02. The first kappa shape index (κ1) is 16.3. The summed E-state index contributed by atoms with van der Waals surface area (Å²) in [4.78, 5) is 12.9. The van der Waals surface area contributed by atoms with E-state index in [1.807, 2.05) is 0 Å². The highest BCUT2D eigenvalue weighted by atomic mass is 19.4. The number of fused-ring (bicyclic) bond motifs is 1. The zero-order valence-corrected chi connectivity index (χ0v) is 13.2. The third-order valence-corrected chi connectivity index (χ3v) is 5.55. The molecule has 0 amide bonds. The first-order valence-corrected chi connectivity index (χ1v) is 8.23. The molecule has 0 heterocycles. The van der Waals surface area contributed by atoms with Gasteiger partial charge in [0.05, 0.1) is 5.56 Å². The zero-order valence-electron chi connectivity index (χ0n) is 13.2. The number of hydrogen-bond donors (Lipinski definition) is 0. The summed E-state index contributed by atoms with van der Waals surface area (Å²) in [7, 11) is 0.